The molecule has 0 aliphatic heterocycles. The lowest BCUT2D eigenvalue weighted by atomic mass is 9.88. The summed E-state index contributed by atoms with van der Waals surface area (Å²) in [5, 5.41) is 64.6. The van der Waals surface area contributed by atoms with Gasteiger partial charge in [-0.05, 0) is 38.5 Å². The normalized spacial score (nSPS) is 24.9. The number of allylic oxidation sites excluding steroid dienone is 2. The summed E-state index contributed by atoms with van der Waals surface area (Å²) in [6.45, 7) is 2.70. The van der Waals surface area contributed by atoms with Crippen LogP contribution in [0.15, 0.2) is 24.3 Å². The molecule has 0 heterocycles. The van der Waals surface area contributed by atoms with Crippen molar-refractivity contribution in [1.29, 1.82) is 0 Å². The van der Waals surface area contributed by atoms with Gasteiger partial charge < -0.3 is 41.5 Å². The van der Waals surface area contributed by atoms with Gasteiger partial charge in [0, 0.05) is 18.8 Å². The summed E-state index contributed by atoms with van der Waals surface area (Å²) in [6, 6.07) is 0. The van der Waals surface area contributed by atoms with Crippen molar-refractivity contribution in [2.75, 3.05) is 19.8 Å². The van der Waals surface area contributed by atoms with Gasteiger partial charge in [-0.1, -0.05) is 50.5 Å². The topological polar surface area (TPSA) is 185 Å². The predicted molar refractivity (Wildman–Crippen MR) is 131 cm³/mol. The number of aliphatic hydroxyl groups excluding tert-OH is 5. The molecule has 0 aromatic heterocycles. The Morgan fingerprint density at radius 1 is 1.03 bits per heavy atom. The molecule has 34 heavy (non-hydrogen) atoms. The van der Waals surface area contributed by atoms with Gasteiger partial charge in [-0.2, -0.15) is 0 Å². The van der Waals surface area contributed by atoms with Crippen LogP contribution in [0.1, 0.15) is 71.6 Å². The van der Waals surface area contributed by atoms with Crippen LogP contribution >= 0.6 is 0 Å². The Balaban J connectivity index is 0.00000116. The fourth-order valence-electron chi connectivity index (χ4n) is 3.73. The van der Waals surface area contributed by atoms with Crippen LogP contribution in [0.2, 0.25) is 0 Å². The number of hydrogen-bond acceptors (Lipinski definition) is 8. The Kier molecular flexibility index (Phi) is 16.5. The van der Waals surface area contributed by atoms with Crippen molar-refractivity contribution in [1.82, 2.24) is 0 Å². The number of unbranched alkanes of at least 4 members (excludes halogenated alkanes) is 3. The lowest BCUT2D eigenvalue weighted by Gasteiger charge is -2.23. The Morgan fingerprint density at radius 2 is 1.65 bits per heavy atom. The fraction of sp³-hybridized carbons (Fsp3) is 0.800. The molecule has 1 aliphatic rings. The molecule has 5 atom stereocenters. The highest BCUT2D eigenvalue weighted by Gasteiger charge is 2.39. The van der Waals surface area contributed by atoms with Crippen LogP contribution in [0.3, 0.4) is 0 Å². The quantitative estimate of drug-likeness (QED) is 0.123. The van der Waals surface area contributed by atoms with Gasteiger partial charge in [0.15, 0.2) is 0 Å². The van der Waals surface area contributed by atoms with Crippen LogP contribution < -0.4 is 5.73 Å². The third kappa shape index (κ3) is 13.5. The molecule has 1 fully saturated rings. The van der Waals surface area contributed by atoms with Crippen molar-refractivity contribution < 1.29 is 40.5 Å². The highest BCUT2D eigenvalue weighted by Crippen LogP contribution is 2.37. The van der Waals surface area contributed by atoms with Crippen LogP contribution in [-0.2, 0) is 4.79 Å². The maximum atomic E-state index is 10.5. The molecular formula is C25H47NO8. The molecule has 0 spiro atoms. The lowest BCUT2D eigenvalue weighted by molar-refractivity contribution is -0.137. The number of carboxylic acids is 1. The molecule has 9 N–H and O–H groups in total. The zero-order chi connectivity index (χ0) is 26.2. The predicted octanol–water partition coefficient (Wildman–Crippen LogP) is 1.09. The Hall–Kier alpha value is -1.33. The van der Waals surface area contributed by atoms with Gasteiger partial charge in [0.1, 0.15) is 0 Å². The van der Waals surface area contributed by atoms with Crippen molar-refractivity contribution >= 4 is 5.97 Å². The molecule has 1 saturated carbocycles. The number of aliphatic hydroxyl groups is 6. The maximum absolute atomic E-state index is 10.5. The van der Waals surface area contributed by atoms with E-state index >= 15 is 0 Å². The van der Waals surface area contributed by atoms with E-state index in [1.807, 2.05) is 18.2 Å². The Bertz CT molecular complexity index is 595. The number of carbonyl (C=O) groups is 1. The Morgan fingerprint density at radius 3 is 2.15 bits per heavy atom. The van der Waals surface area contributed by atoms with E-state index in [0.717, 1.165) is 19.3 Å². The minimum Gasteiger partial charge on any atom is -0.481 e. The fourth-order valence-corrected chi connectivity index (χ4v) is 3.73. The molecule has 0 aromatic carbocycles. The van der Waals surface area contributed by atoms with Gasteiger partial charge in [0.2, 0.25) is 0 Å². The van der Waals surface area contributed by atoms with Crippen LogP contribution in [0, 0.1) is 11.8 Å². The van der Waals surface area contributed by atoms with E-state index in [4.69, 9.17) is 26.2 Å². The monoisotopic (exact) mass is 489 g/mol. The molecule has 9 heteroatoms. The Labute approximate surface area is 203 Å². The van der Waals surface area contributed by atoms with Crippen molar-refractivity contribution in [3.8, 4) is 0 Å². The zero-order valence-electron chi connectivity index (χ0n) is 20.7. The van der Waals surface area contributed by atoms with Crippen LogP contribution in [0.5, 0.6) is 0 Å². The van der Waals surface area contributed by atoms with E-state index in [-0.39, 0.29) is 18.3 Å². The minimum absolute atomic E-state index is 0.0802. The zero-order valence-corrected chi connectivity index (χ0v) is 20.7. The number of hydrogen-bond donors (Lipinski definition) is 8. The van der Waals surface area contributed by atoms with E-state index in [9.17, 15) is 20.1 Å². The van der Waals surface area contributed by atoms with Gasteiger partial charge in [-0.25, -0.2) is 0 Å². The standard InChI is InChI=1S/C21H36O5.C4H11NO3/c1-3-4-9-13-21(2,26)14-12-17-16(18(22)15-19(17)23)10-7-5-6-8-11-20(24)25;5-4(1-6,2-7)3-8/h5,7,12,14,16-19,22-23,26H,3-4,6,8-11,13,15H2,1-2H3,(H,24,25);6-8H,1-3,5H2/b7-5-,14-12+;/t16-,17-,18+,19-,21-;/m1./s1. The molecule has 1 rings (SSSR count). The van der Waals surface area contributed by atoms with E-state index in [1.165, 1.54) is 0 Å². The molecule has 0 bridgehead atoms. The number of aliphatic carboxylic acids is 1. The molecule has 0 saturated heterocycles. The average Bonchev–Trinajstić information content (AvgIpc) is 3.06. The summed E-state index contributed by atoms with van der Waals surface area (Å²) in [5.41, 5.74) is 3.05. The first-order chi connectivity index (χ1) is 15.9. The molecule has 0 amide bonds. The second-order valence-corrected chi connectivity index (χ2v) is 9.61. The first-order valence-electron chi connectivity index (χ1n) is 12.2. The van der Waals surface area contributed by atoms with E-state index < -0.39 is 49.1 Å². The summed E-state index contributed by atoms with van der Waals surface area (Å²) in [4.78, 5) is 10.5. The SMILES string of the molecule is CCCCC[C@@](C)(O)/C=C/[C@@H]1[C@@H](C/C=C\CCCC(=O)O)[C@@H](O)C[C@H]1O.NC(CO)(CO)CO. The molecular weight excluding hydrogens is 442 g/mol. The molecule has 200 valence electrons. The van der Waals surface area contributed by atoms with Gasteiger partial charge in [-0.3, -0.25) is 4.79 Å². The van der Waals surface area contributed by atoms with E-state index in [0.29, 0.717) is 32.1 Å². The summed E-state index contributed by atoms with van der Waals surface area (Å²) >= 11 is 0. The third-order valence-electron chi connectivity index (χ3n) is 6.16. The number of carboxylic acid groups (broad SMARTS) is 1. The third-order valence-corrected chi connectivity index (χ3v) is 6.16. The highest BCUT2D eigenvalue weighted by atomic mass is 16.4. The molecule has 9 nitrogen and oxygen atoms in total. The average molecular weight is 490 g/mol. The first-order valence-corrected chi connectivity index (χ1v) is 12.2. The lowest BCUT2D eigenvalue weighted by Crippen LogP contribution is -2.50. The van der Waals surface area contributed by atoms with Gasteiger partial charge in [0.05, 0.1) is 43.2 Å². The van der Waals surface area contributed by atoms with Crippen molar-refractivity contribution in [3.05, 3.63) is 24.3 Å². The van der Waals surface area contributed by atoms with Crippen LogP contribution in [-0.4, -0.2) is 84.9 Å². The maximum Gasteiger partial charge on any atom is 0.303 e. The van der Waals surface area contributed by atoms with Crippen LogP contribution in [0.4, 0.5) is 0 Å². The van der Waals surface area contributed by atoms with Crippen molar-refractivity contribution in [2.24, 2.45) is 17.6 Å². The molecule has 0 radical (unpaired) electrons. The summed E-state index contributed by atoms with van der Waals surface area (Å²) < 4.78 is 0. The van der Waals surface area contributed by atoms with Crippen LogP contribution in [0.25, 0.3) is 0 Å². The number of rotatable bonds is 15. The second-order valence-electron chi connectivity index (χ2n) is 9.61. The smallest absolute Gasteiger partial charge is 0.303 e. The van der Waals surface area contributed by atoms with Crippen molar-refractivity contribution in [3.63, 3.8) is 0 Å². The summed E-state index contributed by atoms with van der Waals surface area (Å²) in [6.07, 6.45) is 12.7. The van der Waals surface area contributed by atoms with E-state index in [1.54, 1.807) is 13.0 Å². The second kappa shape index (κ2) is 17.2. The first kappa shape index (κ1) is 32.7. The highest BCUT2D eigenvalue weighted by molar-refractivity contribution is 5.66. The van der Waals surface area contributed by atoms with Gasteiger partial charge in [-0.15, -0.1) is 0 Å². The molecule has 1 aliphatic carbocycles. The number of nitrogens with two attached hydrogens (primary N) is 1. The molecule has 0 unspecified atom stereocenters. The van der Waals surface area contributed by atoms with Gasteiger partial charge in [0.25, 0.3) is 0 Å². The summed E-state index contributed by atoms with van der Waals surface area (Å²) in [5.74, 6) is -1.04. The summed E-state index contributed by atoms with van der Waals surface area (Å²) in [7, 11) is 0. The molecule has 0 aromatic rings. The van der Waals surface area contributed by atoms with Crippen molar-refractivity contribution in [2.45, 2.75) is 95.0 Å². The van der Waals surface area contributed by atoms with Gasteiger partial charge >= 0.3 is 5.97 Å². The largest absolute Gasteiger partial charge is 0.481 e. The minimum atomic E-state index is -1.21. The van der Waals surface area contributed by atoms with E-state index in [2.05, 4.69) is 6.92 Å².